The summed E-state index contributed by atoms with van der Waals surface area (Å²) in [5.74, 6) is -0.652. The van der Waals surface area contributed by atoms with Gasteiger partial charge in [-0.15, -0.1) is 0 Å². The van der Waals surface area contributed by atoms with E-state index in [0.29, 0.717) is 11.1 Å². The van der Waals surface area contributed by atoms with E-state index in [4.69, 9.17) is 0 Å². The lowest BCUT2D eigenvalue weighted by Crippen LogP contribution is -2.01. The lowest BCUT2D eigenvalue weighted by molar-refractivity contribution is 0.104. The van der Waals surface area contributed by atoms with Gasteiger partial charge in [0.15, 0.2) is 5.78 Å². The van der Waals surface area contributed by atoms with E-state index in [2.05, 4.69) is 4.40 Å². The summed E-state index contributed by atoms with van der Waals surface area (Å²) < 4.78 is 25.1. The molecule has 1 aliphatic rings. The second-order valence-corrected chi connectivity index (χ2v) is 5.78. The highest BCUT2D eigenvalue weighted by molar-refractivity contribution is 7.89. The van der Waals surface area contributed by atoms with Gasteiger partial charge >= 0.3 is 0 Å². The van der Waals surface area contributed by atoms with Crippen molar-refractivity contribution in [2.24, 2.45) is 4.40 Å². The molecule has 5 nitrogen and oxygen atoms in total. The molecule has 94 valence electrons. The fourth-order valence-electron chi connectivity index (χ4n) is 1.72. The lowest BCUT2D eigenvalue weighted by atomic mass is 10.1. The van der Waals surface area contributed by atoms with E-state index in [1.54, 1.807) is 18.2 Å². The second-order valence-electron chi connectivity index (χ2n) is 4.11. The number of aliphatic hydroxyl groups is 1. The van der Waals surface area contributed by atoms with Gasteiger partial charge in [-0.25, -0.2) is 8.42 Å². The van der Waals surface area contributed by atoms with E-state index < -0.39 is 15.8 Å². The maximum absolute atomic E-state index is 11.9. The highest BCUT2D eigenvalue weighted by Crippen LogP contribution is 2.30. The van der Waals surface area contributed by atoms with Crippen LogP contribution in [0.3, 0.4) is 0 Å². The van der Waals surface area contributed by atoms with Gasteiger partial charge in [0, 0.05) is 11.1 Å². The third-order valence-corrected chi connectivity index (χ3v) is 3.04. The Labute approximate surface area is 105 Å². The van der Waals surface area contributed by atoms with E-state index in [1.165, 1.54) is 0 Å². The molecular weight excluding hydrogens is 254 g/mol. The highest BCUT2D eigenvalue weighted by atomic mass is 32.2. The Hall–Kier alpha value is -1.95. The van der Waals surface area contributed by atoms with Gasteiger partial charge in [-0.1, -0.05) is 17.7 Å². The van der Waals surface area contributed by atoms with Crippen LogP contribution in [0.15, 0.2) is 28.2 Å². The number of hydrogen-bond acceptors (Lipinski definition) is 4. The first kappa shape index (κ1) is 12.5. The van der Waals surface area contributed by atoms with Crippen molar-refractivity contribution < 1.29 is 18.3 Å². The Morgan fingerprint density at radius 2 is 1.94 bits per heavy atom. The molecule has 0 atom stereocenters. The minimum Gasteiger partial charge on any atom is -0.506 e. The molecule has 0 saturated carbocycles. The minimum atomic E-state index is -3.58. The number of Topliss-reactive ketones (excluding diaryl/α,β-unsaturated/α-hetero) is 1. The molecule has 1 aromatic carbocycles. The van der Waals surface area contributed by atoms with Crippen LogP contribution in [0.4, 0.5) is 0 Å². The van der Waals surface area contributed by atoms with Crippen molar-refractivity contribution in [2.45, 2.75) is 6.92 Å². The number of benzene rings is 1. The molecule has 1 N–H and O–H groups in total. The molecule has 0 amide bonds. The lowest BCUT2D eigenvalue weighted by Gasteiger charge is -1.99. The van der Waals surface area contributed by atoms with Crippen molar-refractivity contribution in [1.29, 1.82) is 0 Å². The van der Waals surface area contributed by atoms with Gasteiger partial charge in [0.05, 0.1) is 18.0 Å². The number of ketones is 1. The quantitative estimate of drug-likeness (QED) is 0.821. The molecule has 1 aromatic rings. The number of nitrogens with zero attached hydrogens (tertiary/aromatic N) is 1. The number of sulfonamides is 1. The van der Waals surface area contributed by atoms with Crippen LogP contribution >= 0.6 is 0 Å². The van der Waals surface area contributed by atoms with Gasteiger partial charge in [-0.2, -0.15) is 4.40 Å². The molecule has 0 radical (unpaired) electrons. The minimum absolute atomic E-state index is 0.0963. The van der Waals surface area contributed by atoms with E-state index in [0.717, 1.165) is 18.0 Å². The monoisotopic (exact) mass is 265 g/mol. The molecule has 1 aliphatic carbocycles. The Kier molecular flexibility index (Phi) is 2.82. The van der Waals surface area contributed by atoms with Gasteiger partial charge in [0.1, 0.15) is 5.76 Å². The van der Waals surface area contributed by atoms with Crippen LogP contribution in [0.2, 0.25) is 0 Å². The molecule has 0 saturated heterocycles. The summed E-state index contributed by atoms with van der Waals surface area (Å²) in [7, 11) is -3.58. The standard InChI is InChI=1S/C12H11NO4S/c1-7-3-4-8-9(5-7)12(15)10(11(8)14)6-13-18(2,16)17/h3-6,15H,1-2H3. The largest absolute Gasteiger partial charge is 0.506 e. The van der Waals surface area contributed by atoms with Crippen LogP contribution in [0, 0.1) is 6.92 Å². The van der Waals surface area contributed by atoms with Crippen LogP contribution in [0.25, 0.3) is 5.76 Å². The average Bonchev–Trinajstić information content (AvgIpc) is 2.48. The summed E-state index contributed by atoms with van der Waals surface area (Å²) in [5.41, 5.74) is 1.57. The van der Waals surface area contributed by atoms with Crippen LogP contribution < -0.4 is 0 Å². The fourth-order valence-corrected chi connectivity index (χ4v) is 2.01. The van der Waals surface area contributed by atoms with Gasteiger partial charge < -0.3 is 5.11 Å². The van der Waals surface area contributed by atoms with E-state index in [1.807, 2.05) is 6.92 Å². The van der Waals surface area contributed by atoms with Crippen LogP contribution in [-0.2, 0) is 10.0 Å². The zero-order valence-corrected chi connectivity index (χ0v) is 10.7. The first-order chi connectivity index (χ1) is 8.29. The summed E-state index contributed by atoms with van der Waals surface area (Å²) in [6.45, 7) is 1.83. The molecule has 0 heterocycles. The summed E-state index contributed by atoms with van der Waals surface area (Å²) in [6.07, 6.45) is 1.81. The first-order valence-corrected chi connectivity index (χ1v) is 6.99. The third-order valence-electron chi connectivity index (χ3n) is 2.55. The van der Waals surface area contributed by atoms with Gasteiger partial charge in [0.2, 0.25) is 10.0 Å². The Morgan fingerprint density at radius 1 is 1.28 bits per heavy atom. The molecule has 0 fully saturated rings. The first-order valence-electron chi connectivity index (χ1n) is 5.14. The summed E-state index contributed by atoms with van der Waals surface area (Å²) in [6, 6.07) is 5.02. The number of rotatable bonds is 2. The number of carbonyl (C=O) groups excluding carboxylic acids is 1. The number of hydrogen-bond donors (Lipinski definition) is 1. The highest BCUT2D eigenvalue weighted by Gasteiger charge is 2.28. The maximum atomic E-state index is 11.9. The smallest absolute Gasteiger partial charge is 0.250 e. The Balaban J connectivity index is 2.53. The third kappa shape index (κ3) is 2.19. The Bertz CT molecular complexity index is 699. The predicted molar refractivity (Wildman–Crippen MR) is 68.4 cm³/mol. The molecule has 0 bridgehead atoms. The Morgan fingerprint density at radius 3 is 2.56 bits per heavy atom. The molecule has 6 heteroatoms. The molecule has 0 aliphatic heterocycles. The summed E-state index contributed by atoms with van der Waals surface area (Å²) in [5, 5.41) is 9.91. The van der Waals surface area contributed by atoms with Gasteiger partial charge in [0.25, 0.3) is 0 Å². The summed E-state index contributed by atoms with van der Waals surface area (Å²) >= 11 is 0. The van der Waals surface area contributed by atoms with Crippen LogP contribution in [-0.4, -0.2) is 31.8 Å². The molecule has 0 aromatic heterocycles. The van der Waals surface area contributed by atoms with Crippen molar-refractivity contribution in [3.05, 3.63) is 40.5 Å². The van der Waals surface area contributed by atoms with Crippen LogP contribution in [0.5, 0.6) is 0 Å². The second kappa shape index (κ2) is 4.06. The number of carbonyl (C=O) groups is 1. The fraction of sp³-hybridized carbons (Fsp3) is 0.167. The van der Waals surface area contributed by atoms with Crippen molar-refractivity contribution in [1.82, 2.24) is 0 Å². The number of aliphatic hydroxyl groups excluding tert-OH is 1. The average molecular weight is 265 g/mol. The topological polar surface area (TPSA) is 83.8 Å². The van der Waals surface area contributed by atoms with Crippen molar-refractivity contribution >= 4 is 27.8 Å². The van der Waals surface area contributed by atoms with E-state index in [9.17, 15) is 18.3 Å². The molecule has 18 heavy (non-hydrogen) atoms. The summed E-state index contributed by atoms with van der Waals surface area (Å²) in [4.78, 5) is 11.9. The normalized spacial score (nSPS) is 15.6. The predicted octanol–water partition coefficient (Wildman–Crippen LogP) is 1.49. The molecular formula is C12H11NO4S. The zero-order valence-electron chi connectivity index (χ0n) is 9.84. The number of allylic oxidation sites excluding steroid dienone is 1. The maximum Gasteiger partial charge on any atom is 0.250 e. The van der Waals surface area contributed by atoms with Crippen LogP contribution in [0.1, 0.15) is 21.5 Å². The van der Waals surface area contributed by atoms with Crippen molar-refractivity contribution in [3.8, 4) is 0 Å². The van der Waals surface area contributed by atoms with E-state index >= 15 is 0 Å². The molecule has 0 unspecified atom stereocenters. The van der Waals surface area contributed by atoms with Crippen molar-refractivity contribution in [3.63, 3.8) is 0 Å². The van der Waals surface area contributed by atoms with Gasteiger partial charge in [-0.3, -0.25) is 4.79 Å². The number of fused-ring (bicyclic) bond motifs is 1. The SMILES string of the molecule is Cc1ccc2c(c1)C(O)=C(C=NS(C)(=O)=O)C2=O. The molecule has 2 rings (SSSR count). The zero-order chi connectivity index (χ0) is 13.5. The molecule has 0 spiro atoms. The van der Waals surface area contributed by atoms with Gasteiger partial charge in [-0.05, 0) is 13.0 Å². The van der Waals surface area contributed by atoms with Crippen molar-refractivity contribution in [2.75, 3.05) is 6.26 Å². The number of aryl methyl sites for hydroxylation is 1. The van der Waals surface area contributed by atoms with E-state index in [-0.39, 0.29) is 11.3 Å².